The predicted octanol–water partition coefficient (Wildman–Crippen LogP) is 0.0490. The van der Waals surface area contributed by atoms with Gasteiger partial charge in [0.1, 0.15) is 5.75 Å². The number of ether oxygens (including phenoxy) is 4. The zero-order chi connectivity index (χ0) is 14.4. The van der Waals surface area contributed by atoms with Crippen molar-refractivity contribution in [3.8, 4) is 17.2 Å². The highest BCUT2D eigenvalue weighted by atomic mass is 16.7. The second kappa shape index (κ2) is 6.97. The molecule has 0 bridgehead atoms. The lowest BCUT2D eigenvalue weighted by Gasteiger charge is -2.11. The van der Waals surface area contributed by atoms with Gasteiger partial charge in [-0.1, -0.05) is 0 Å². The van der Waals surface area contributed by atoms with E-state index in [1.165, 1.54) is 0 Å². The van der Waals surface area contributed by atoms with Crippen molar-refractivity contribution in [2.75, 3.05) is 33.7 Å². The summed E-state index contributed by atoms with van der Waals surface area (Å²) in [7, 11) is 1.56. The normalized spacial score (nSPS) is 12.3. The van der Waals surface area contributed by atoms with Crippen molar-refractivity contribution < 1.29 is 28.8 Å². The third-order valence-electron chi connectivity index (χ3n) is 2.71. The Morgan fingerprint density at radius 1 is 1.40 bits per heavy atom. The van der Waals surface area contributed by atoms with Gasteiger partial charge < -0.3 is 29.4 Å². The Morgan fingerprint density at radius 2 is 2.15 bits per heavy atom. The van der Waals surface area contributed by atoms with Crippen LogP contribution in [0.3, 0.4) is 0 Å². The number of fused-ring (bicyclic) bond motifs is 1. The van der Waals surface area contributed by atoms with Crippen molar-refractivity contribution in [2.45, 2.75) is 6.61 Å². The molecule has 2 N–H and O–H groups in total. The fraction of sp³-hybridized carbons (Fsp3) is 0.462. The molecule has 1 aliphatic rings. The first kappa shape index (κ1) is 14.4. The number of amides is 1. The molecule has 20 heavy (non-hydrogen) atoms. The molecule has 1 heterocycles. The van der Waals surface area contributed by atoms with E-state index in [2.05, 4.69) is 5.32 Å². The molecule has 1 amide bonds. The molecule has 0 saturated carbocycles. The second-order valence-corrected chi connectivity index (χ2v) is 4.10. The quantitative estimate of drug-likeness (QED) is 0.688. The summed E-state index contributed by atoms with van der Waals surface area (Å²) in [4.78, 5) is 11.5. The van der Waals surface area contributed by atoms with Gasteiger partial charge in [0.15, 0.2) is 18.1 Å². The molecule has 0 fully saturated rings. The summed E-state index contributed by atoms with van der Waals surface area (Å²) < 4.78 is 20.6. The summed E-state index contributed by atoms with van der Waals surface area (Å²) >= 11 is 0. The lowest BCUT2D eigenvalue weighted by molar-refractivity contribution is -0.123. The van der Waals surface area contributed by atoms with Crippen LogP contribution in [0.15, 0.2) is 12.1 Å². The van der Waals surface area contributed by atoms with Crippen LogP contribution in [-0.2, 0) is 16.1 Å². The van der Waals surface area contributed by atoms with Gasteiger partial charge in [-0.05, 0) is 6.07 Å². The van der Waals surface area contributed by atoms with Gasteiger partial charge >= 0.3 is 0 Å². The van der Waals surface area contributed by atoms with Crippen molar-refractivity contribution >= 4 is 5.91 Å². The van der Waals surface area contributed by atoms with Crippen LogP contribution in [0.4, 0.5) is 0 Å². The number of benzene rings is 1. The topological polar surface area (TPSA) is 86.3 Å². The number of methoxy groups -OCH3 is 1. The molecule has 0 aromatic heterocycles. The summed E-state index contributed by atoms with van der Waals surface area (Å²) in [6, 6.07) is 3.25. The van der Waals surface area contributed by atoms with Crippen molar-refractivity contribution in [1.82, 2.24) is 5.32 Å². The number of nitrogens with one attached hydrogen (secondary N) is 1. The highest BCUT2D eigenvalue weighted by molar-refractivity contribution is 5.77. The number of hydrogen-bond donors (Lipinski definition) is 2. The third-order valence-corrected chi connectivity index (χ3v) is 2.71. The number of carbonyl (C=O) groups excluding carboxylic acids is 1. The van der Waals surface area contributed by atoms with Gasteiger partial charge in [0.25, 0.3) is 5.91 Å². The van der Waals surface area contributed by atoms with E-state index >= 15 is 0 Å². The van der Waals surface area contributed by atoms with Gasteiger partial charge in [0.05, 0.1) is 13.2 Å². The second-order valence-electron chi connectivity index (χ2n) is 4.10. The van der Waals surface area contributed by atoms with E-state index in [0.717, 1.165) is 0 Å². The minimum Gasteiger partial charge on any atom is -0.483 e. The lowest BCUT2D eigenvalue weighted by Crippen LogP contribution is -2.31. The van der Waals surface area contributed by atoms with E-state index < -0.39 is 0 Å². The number of hydrogen-bond acceptors (Lipinski definition) is 6. The van der Waals surface area contributed by atoms with Crippen LogP contribution >= 0.6 is 0 Å². The van der Waals surface area contributed by atoms with E-state index in [-0.39, 0.29) is 25.9 Å². The molecule has 7 nitrogen and oxygen atoms in total. The van der Waals surface area contributed by atoms with Gasteiger partial charge in [-0.3, -0.25) is 4.79 Å². The Kier molecular flexibility index (Phi) is 5.03. The maximum atomic E-state index is 11.5. The van der Waals surface area contributed by atoms with E-state index in [9.17, 15) is 9.90 Å². The molecular weight excluding hydrogens is 266 g/mol. The predicted molar refractivity (Wildman–Crippen MR) is 68.9 cm³/mol. The maximum Gasteiger partial charge on any atom is 0.258 e. The first-order valence-corrected chi connectivity index (χ1v) is 6.16. The minimum atomic E-state index is -0.261. The Balaban J connectivity index is 1.93. The molecule has 1 aromatic carbocycles. The first-order chi connectivity index (χ1) is 9.74. The Hall–Kier alpha value is -1.99. The number of aliphatic hydroxyl groups excluding tert-OH is 1. The fourth-order valence-corrected chi connectivity index (χ4v) is 1.71. The smallest absolute Gasteiger partial charge is 0.258 e. The average Bonchev–Trinajstić information content (AvgIpc) is 2.91. The van der Waals surface area contributed by atoms with Crippen LogP contribution in [0.2, 0.25) is 0 Å². The van der Waals surface area contributed by atoms with Crippen molar-refractivity contribution in [3.05, 3.63) is 17.7 Å². The van der Waals surface area contributed by atoms with E-state index in [0.29, 0.717) is 36.0 Å². The summed E-state index contributed by atoms with van der Waals surface area (Å²) in [5, 5.41) is 11.9. The van der Waals surface area contributed by atoms with E-state index in [1.54, 1.807) is 19.2 Å². The minimum absolute atomic E-state index is 0.140. The summed E-state index contributed by atoms with van der Waals surface area (Å²) in [6.45, 7) is 0.652. The molecule has 7 heteroatoms. The van der Waals surface area contributed by atoms with Crippen molar-refractivity contribution in [1.29, 1.82) is 0 Å². The molecule has 0 saturated heterocycles. The summed E-state index contributed by atoms with van der Waals surface area (Å²) in [6.07, 6.45) is 0. The SMILES string of the molecule is COCCNC(=O)COc1cc2c(cc1CO)OCO2. The molecule has 110 valence electrons. The first-order valence-electron chi connectivity index (χ1n) is 6.16. The highest BCUT2D eigenvalue weighted by Crippen LogP contribution is 2.38. The maximum absolute atomic E-state index is 11.5. The van der Waals surface area contributed by atoms with Crippen LogP contribution in [-0.4, -0.2) is 44.7 Å². The van der Waals surface area contributed by atoms with Gasteiger partial charge in [-0.2, -0.15) is 0 Å². The summed E-state index contributed by atoms with van der Waals surface area (Å²) in [5.74, 6) is 1.24. The van der Waals surface area contributed by atoms with Gasteiger partial charge in [-0.25, -0.2) is 0 Å². The monoisotopic (exact) mass is 283 g/mol. The number of carbonyl (C=O) groups is 1. The Bertz CT molecular complexity index is 476. The zero-order valence-corrected chi connectivity index (χ0v) is 11.2. The third kappa shape index (κ3) is 3.52. The van der Waals surface area contributed by atoms with E-state index in [1.807, 2.05) is 0 Å². The molecular formula is C13H17NO6. The number of rotatable bonds is 7. The van der Waals surface area contributed by atoms with Crippen LogP contribution in [0.25, 0.3) is 0 Å². The molecule has 1 aromatic rings. The Morgan fingerprint density at radius 3 is 2.85 bits per heavy atom. The molecule has 2 rings (SSSR count). The van der Waals surface area contributed by atoms with Crippen molar-refractivity contribution in [2.24, 2.45) is 0 Å². The highest BCUT2D eigenvalue weighted by Gasteiger charge is 2.18. The van der Waals surface area contributed by atoms with Crippen LogP contribution in [0, 0.1) is 0 Å². The van der Waals surface area contributed by atoms with Crippen LogP contribution in [0.1, 0.15) is 5.56 Å². The summed E-state index contributed by atoms with van der Waals surface area (Å²) in [5.41, 5.74) is 0.541. The molecule has 0 unspecified atom stereocenters. The standard InChI is InChI=1S/C13H17NO6/c1-17-3-2-14-13(16)7-18-10-5-12-11(19-8-20-12)4-9(10)6-15/h4-5,15H,2-3,6-8H2,1H3,(H,14,16). The molecule has 0 aliphatic carbocycles. The molecule has 0 atom stereocenters. The van der Waals surface area contributed by atoms with Crippen molar-refractivity contribution in [3.63, 3.8) is 0 Å². The van der Waals surface area contributed by atoms with Gasteiger partial charge in [0.2, 0.25) is 6.79 Å². The van der Waals surface area contributed by atoms with E-state index in [4.69, 9.17) is 18.9 Å². The zero-order valence-electron chi connectivity index (χ0n) is 11.2. The van der Waals surface area contributed by atoms with Crippen LogP contribution in [0.5, 0.6) is 17.2 Å². The fourth-order valence-electron chi connectivity index (χ4n) is 1.71. The Labute approximate surface area is 116 Å². The van der Waals surface area contributed by atoms with Crippen LogP contribution < -0.4 is 19.5 Å². The largest absolute Gasteiger partial charge is 0.483 e. The number of aliphatic hydroxyl groups is 1. The lowest BCUT2D eigenvalue weighted by atomic mass is 10.2. The average molecular weight is 283 g/mol. The molecule has 1 aliphatic heterocycles. The molecule has 0 radical (unpaired) electrons. The molecule has 0 spiro atoms. The van der Waals surface area contributed by atoms with Gasteiger partial charge in [0, 0.05) is 25.3 Å². The van der Waals surface area contributed by atoms with Gasteiger partial charge in [-0.15, -0.1) is 0 Å².